The summed E-state index contributed by atoms with van der Waals surface area (Å²) in [7, 11) is 0. The van der Waals surface area contributed by atoms with E-state index in [2.05, 4.69) is 20.8 Å². The number of carbonyl (C=O) groups is 1. The summed E-state index contributed by atoms with van der Waals surface area (Å²) in [4.78, 5) is 11.9. The van der Waals surface area contributed by atoms with Crippen LogP contribution in [0.2, 0.25) is 0 Å². The quantitative estimate of drug-likeness (QED) is 0.0460. The van der Waals surface area contributed by atoms with Crippen LogP contribution in [0.3, 0.4) is 0 Å². The first-order valence-corrected chi connectivity index (χ1v) is 21.1. The Hall–Kier alpha value is -0.930. The van der Waals surface area contributed by atoms with Crippen molar-refractivity contribution in [3.63, 3.8) is 0 Å². The van der Waals surface area contributed by atoms with Crippen LogP contribution in [0.25, 0.3) is 0 Å². The van der Waals surface area contributed by atoms with E-state index >= 15 is 0 Å². The molecule has 318 valence electrons. The summed E-state index contributed by atoms with van der Waals surface area (Å²) in [6.45, 7) is 17.5. The second-order valence-corrected chi connectivity index (χ2v) is 13.3. The molecule has 0 amide bonds. The molecule has 0 rings (SSSR count). The van der Waals surface area contributed by atoms with Crippen LogP contribution in [-0.2, 0) is 56.9 Å². The molecule has 0 aliphatic heterocycles. The molecule has 0 fully saturated rings. The summed E-state index contributed by atoms with van der Waals surface area (Å²) in [6, 6.07) is 0. The number of unbranched alkanes of at least 4 members (excludes halogenated alkanes) is 12. The predicted octanol–water partition coefficient (Wildman–Crippen LogP) is 7.22. The molecule has 1 unspecified atom stereocenters. The summed E-state index contributed by atoms with van der Waals surface area (Å²) < 4.78 is 60.2. The van der Waals surface area contributed by atoms with Crippen molar-refractivity contribution >= 4 is 5.97 Å². The van der Waals surface area contributed by atoms with Gasteiger partial charge >= 0.3 is 5.97 Å². The zero-order valence-electron chi connectivity index (χ0n) is 34.4. The van der Waals surface area contributed by atoms with Crippen molar-refractivity contribution in [1.29, 1.82) is 0 Å². The lowest BCUT2D eigenvalue weighted by Gasteiger charge is -2.10. The van der Waals surface area contributed by atoms with Crippen LogP contribution in [0.15, 0.2) is 0 Å². The second kappa shape index (κ2) is 47.2. The van der Waals surface area contributed by atoms with E-state index in [1.54, 1.807) is 0 Å². The smallest absolute Gasteiger partial charge is 0.305 e. The van der Waals surface area contributed by atoms with E-state index in [0.717, 1.165) is 25.9 Å². The lowest BCUT2D eigenvalue weighted by atomic mass is 10.0. The fourth-order valence-corrected chi connectivity index (χ4v) is 4.96. The molecule has 0 N–H and O–H groups in total. The van der Waals surface area contributed by atoms with Gasteiger partial charge in [-0.2, -0.15) is 0 Å². The van der Waals surface area contributed by atoms with E-state index in [4.69, 9.17) is 52.1 Å². The zero-order valence-corrected chi connectivity index (χ0v) is 34.4. The van der Waals surface area contributed by atoms with Gasteiger partial charge in [0.1, 0.15) is 6.61 Å². The maximum atomic E-state index is 11.9. The van der Waals surface area contributed by atoms with E-state index in [0.29, 0.717) is 144 Å². The van der Waals surface area contributed by atoms with Gasteiger partial charge in [0, 0.05) is 13.0 Å². The first kappa shape index (κ1) is 52.1. The minimum Gasteiger partial charge on any atom is -0.463 e. The number of hydrogen-bond donors (Lipinski definition) is 0. The molecule has 0 radical (unpaired) electrons. The number of carbonyl (C=O) groups excluding carboxylic acids is 1. The van der Waals surface area contributed by atoms with Crippen molar-refractivity contribution in [3.05, 3.63) is 0 Å². The van der Waals surface area contributed by atoms with Gasteiger partial charge in [-0.3, -0.25) is 4.79 Å². The molecule has 12 heteroatoms. The highest BCUT2D eigenvalue weighted by molar-refractivity contribution is 5.69. The zero-order chi connectivity index (χ0) is 38.4. The summed E-state index contributed by atoms with van der Waals surface area (Å²) >= 11 is 0. The van der Waals surface area contributed by atoms with Crippen molar-refractivity contribution in [2.24, 2.45) is 5.92 Å². The molecule has 0 saturated heterocycles. The van der Waals surface area contributed by atoms with Gasteiger partial charge in [0.2, 0.25) is 0 Å². The normalized spacial score (nSPS) is 12.1. The van der Waals surface area contributed by atoms with Gasteiger partial charge in [-0.25, -0.2) is 0 Å². The van der Waals surface area contributed by atoms with Crippen LogP contribution in [0.5, 0.6) is 0 Å². The monoisotopic (exact) mass is 767 g/mol. The van der Waals surface area contributed by atoms with E-state index < -0.39 is 0 Å². The Morgan fingerprint density at radius 3 is 0.925 bits per heavy atom. The van der Waals surface area contributed by atoms with Crippen LogP contribution < -0.4 is 0 Å². The van der Waals surface area contributed by atoms with Crippen LogP contribution in [-0.4, -0.2) is 145 Å². The average Bonchev–Trinajstić information content (AvgIpc) is 3.16. The van der Waals surface area contributed by atoms with Crippen molar-refractivity contribution in [1.82, 2.24) is 0 Å². The molecule has 0 heterocycles. The molecule has 0 aliphatic carbocycles. The molecular formula is C41H82O12. The Kier molecular flexibility index (Phi) is 46.4. The number of hydrogen-bond acceptors (Lipinski definition) is 12. The highest BCUT2D eigenvalue weighted by atomic mass is 16.6. The Labute approximate surface area is 324 Å². The van der Waals surface area contributed by atoms with Crippen molar-refractivity contribution in [2.45, 2.75) is 117 Å². The third-order valence-electron chi connectivity index (χ3n) is 8.42. The average molecular weight is 767 g/mol. The van der Waals surface area contributed by atoms with Gasteiger partial charge in [-0.15, -0.1) is 0 Å². The van der Waals surface area contributed by atoms with Crippen LogP contribution in [0.1, 0.15) is 117 Å². The van der Waals surface area contributed by atoms with Gasteiger partial charge in [-0.05, 0) is 12.3 Å². The molecule has 0 aromatic heterocycles. The minimum atomic E-state index is -0.130. The first-order chi connectivity index (χ1) is 26.2. The number of esters is 1. The lowest BCUT2D eigenvalue weighted by molar-refractivity contribution is -0.145. The largest absolute Gasteiger partial charge is 0.463 e. The molecule has 53 heavy (non-hydrogen) atoms. The van der Waals surface area contributed by atoms with Crippen LogP contribution in [0, 0.1) is 5.92 Å². The SMILES string of the molecule is CCCCCCCCCCCCCCCC(=O)OCCOCCOCCOCCOCCOCCOCCOCCOCCOCCOCC(C)CC. The number of ether oxygens (including phenoxy) is 11. The molecule has 0 aromatic carbocycles. The van der Waals surface area contributed by atoms with Gasteiger partial charge in [0.15, 0.2) is 0 Å². The highest BCUT2D eigenvalue weighted by Gasteiger charge is 2.03. The van der Waals surface area contributed by atoms with Crippen LogP contribution in [0.4, 0.5) is 0 Å². The van der Waals surface area contributed by atoms with Gasteiger partial charge in [0.05, 0.1) is 126 Å². The van der Waals surface area contributed by atoms with E-state index in [1.807, 2.05) is 0 Å². The Morgan fingerprint density at radius 1 is 0.358 bits per heavy atom. The van der Waals surface area contributed by atoms with Gasteiger partial charge < -0.3 is 52.1 Å². The summed E-state index contributed by atoms with van der Waals surface area (Å²) in [5.74, 6) is 0.466. The predicted molar refractivity (Wildman–Crippen MR) is 209 cm³/mol. The summed E-state index contributed by atoms with van der Waals surface area (Å²) in [5.41, 5.74) is 0. The van der Waals surface area contributed by atoms with Crippen molar-refractivity contribution < 1.29 is 56.9 Å². The second-order valence-electron chi connectivity index (χ2n) is 13.3. The molecule has 0 bridgehead atoms. The molecule has 0 spiro atoms. The maximum absolute atomic E-state index is 11.9. The molecule has 12 nitrogen and oxygen atoms in total. The summed E-state index contributed by atoms with van der Waals surface area (Å²) in [6.07, 6.45) is 18.5. The number of rotatable bonds is 47. The molecule has 1 atom stereocenters. The Balaban J connectivity index is 3.13. The van der Waals surface area contributed by atoms with Gasteiger partial charge in [-0.1, -0.05) is 104 Å². The highest BCUT2D eigenvalue weighted by Crippen LogP contribution is 2.13. The van der Waals surface area contributed by atoms with Crippen molar-refractivity contribution in [2.75, 3.05) is 139 Å². The molecule has 0 aliphatic rings. The third kappa shape index (κ3) is 47.1. The maximum Gasteiger partial charge on any atom is 0.305 e. The first-order valence-electron chi connectivity index (χ1n) is 21.1. The molecule has 0 saturated carbocycles. The fourth-order valence-electron chi connectivity index (χ4n) is 4.96. The van der Waals surface area contributed by atoms with Crippen LogP contribution >= 0.6 is 0 Å². The minimum absolute atomic E-state index is 0.130. The van der Waals surface area contributed by atoms with E-state index in [-0.39, 0.29) is 5.97 Å². The Morgan fingerprint density at radius 2 is 0.623 bits per heavy atom. The molecule has 0 aromatic rings. The van der Waals surface area contributed by atoms with E-state index in [9.17, 15) is 4.79 Å². The topological polar surface area (TPSA) is 119 Å². The standard InChI is InChI=1S/C41H82O12/c1-4-6-7-8-9-10-11-12-13-14-15-16-17-18-41(42)53-38-37-51-34-33-49-30-29-47-26-25-45-22-21-43-19-20-44-23-24-46-27-28-48-31-32-50-35-36-52-39-40(3)5-2/h40H,4-39H2,1-3H3. The Bertz CT molecular complexity index is 687. The van der Waals surface area contributed by atoms with E-state index in [1.165, 1.54) is 70.6 Å². The lowest BCUT2D eigenvalue weighted by Crippen LogP contribution is -2.15. The van der Waals surface area contributed by atoms with Crippen molar-refractivity contribution in [3.8, 4) is 0 Å². The molecular weight excluding hydrogens is 684 g/mol. The van der Waals surface area contributed by atoms with Gasteiger partial charge in [0.25, 0.3) is 0 Å². The third-order valence-corrected chi connectivity index (χ3v) is 8.42. The summed E-state index contributed by atoms with van der Waals surface area (Å²) in [5, 5.41) is 0. The fraction of sp³-hybridized carbons (Fsp3) is 0.976.